The number of amides is 2. The number of carboxylic acid groups (broad SMARTS) is 1. The molecule has 7 nitrogen and oxygen atoms in total. The van der Waals surface area contributed by atoms with E-state index in [0.717, 1.165) is 0 Å². The zero-order valence-electron chi connectivity index (χ0n) is 12.0. The van der Waals surface area contributed by atoms with Gasteiger partial charge in [-0.3, -0.25) is 0 Å². The zero-order valence-corrected chi connectivity index (χ0v) is 12.0. The summed E-state index contributed by atoms with van der Waals surface area (Å²) in [5.74, 6) is -0.704. The molecule has 2 amide bonds. The molecule has 2 rings (SSSR count). The predicted molar refractivity (Wildman–Crippen MR) is 76.0 cm³/mol. The number of carboxylic acids is 1. The van der Waals surface area contributed by atoms with E-state index in [-0.39, 0.29) is 23.4 Å². The normalized spacial score (nSPS) is 18.2. The summed E-state index contributed by atoms with van der Waals surface area (Å²) < 4.78 is 10.4. The van der Waals surface area contributed by atoms with Crippen molar-refractivity contribution in [3.05, 3.63) is 23.8 Å². The van der Waals surface area contributed by atoms with Crippen molar-refractivity contribution in [1.82, 2.24) is 4.90 Å². The minimum absolute atomic E-state index is 0.0102. The molecule has 0 spiro atoms. The van der Waals surface area contributed by atoms with E-state index in [4.69, 9.17) is 9.47 Å². The fourth-order valence-electron chi connectivity index (χ4n) is 2.13. The van der Waals surface area contributed by atoms with Crippen LogP contribution in [0.4, 0.5) is 10.5 Å². The summed E-state index contributed by atoms with van der Waals surface area (Å²) in [5.41, 5.74) is 0.233. The minimum atomic E-state index is -1.13. The first-order valence-corrected chi connectivity index (χ1v) is 6.60. The molecule has 0 saturated carbocycles. The van der Waals surface area contributed by atoms with Gasteiger partial charge in [0.25, 0.3) is 0 Å². The fourth-order valence-corrected chi connectivity index (χ4v) is 2.13. The van der Waals surface area contributed by atoms with Crippen LogP contribution in [0, 0.1) is 0 Å². The minimum Gasteiger partial charge on any atom is -0.497 e. The van der Waals surface area contributed by atoms with Crippen molar-refractivity contribution < 1.29 is 24.2 Å². The quantitative estimate of drug-likeness (QED) is 0.885. The molecule has 0 bridgehead atoms. The van der Waals surface area contributed by atoms with E-state index in [2.05, 4.69) is 5.32 Å². The summed E-state index contributed by atoms with van der Waals surface area (Å²) in [7, 11) is 1.45. The number of methoxy groups -OCH3 is 1. The van der Waals surface area contributed by atoms with Crippen LogP contribution in [0.25, 0.3) is 0 Å². The Hall–Kier alpha value is -2.28. The van der Waals surface area contributed by atoms with E-state index in [1.807, 2.05) is 6.92 Å². The molecule has 0 aliphatic carbocycles. The van der Waals surface area contributed by atoms with Crippen molar-refractivity contribution in [3.8, 4) is 5.75 Å². The molecule has 1 unspecified atom stereocenters. The van der Waals surface area contributed by atoms with E-state index in [0.29, 0.717) is 25.4 Å². The number of aromatic carboxylic acids is 1. The lowest BCUT2D eigenvalue weighted by Gasteiger charge is -2.31. The first kappa shape index (κ1) is 15.1. The third-order valence-corrected chi connectivity index (χ3v) is 3.23. The highest BCUT2D eigenvalue weighted by Crippen LogP contribution is 2.22. The van der Waals surface area contributed by atoms with E-state index < -0.39 is 5.97 Å². The maximum Gasteiger partial charge on any atom is 0.337 e. The van der Waals surface area contributed by atoms with E-state index >= 15 is 0 Å². The van der Waals surface area contributed by atoms with Crippen LogP contribution >= 0.6 is 0 Å². The maximum atomic E-state index is 12.2. The molecule has 1 aliphatic rings. The van der Waals surface area contributed by atoms with Crippen LogP contribution in [-0.2, 0) is 4.74 Å². The molecule has 1 heterocycles. The molecule has 1 aromatic carbocycles. The second-order valence-corrected chi connectivity index (χ2v) is 4.77. The Bertz CT molecular complexity index is 546. The fraction of sp³-hybridized carbons (Fsp3) is 0.429. The monoisotopic (exact) mass is 294 g/mol. The molecule has 7 heteroatoms. The Balaban J connectivity index is 2.14. The molecular weight excluding hydrogens is 276 g/mol. The molecule has 1 atom stereocenters. The third-order valence-electron chi connectivity index (χ3n) is 3.23. The lowest BCUT2D eigenvalue weighted by molar-refractivity contribution is -0.00139. The number of carbonyl (C=O) groups excluding carboxylic acids is 1. The second-order valence-electron chi connectivity index (χ2n) is 4.77. The van der Waals surface area contributed by atoms with Crippen molar-refractivity contribution in [2.45, 2.75) is 13.0 Å². The van der Waals surface area contributed by atoms with Gasteiger partial charge in [-0.15, -0.1) is 0 Å². The van der Waals surface area contributed by atoms with Crippen molar-refractivity contribution in [3.63, 3.8) is 0 Å². The van der Waals surface area contributed by atoms with Crippen LogP contribution in [0.5, 0.6) is 5.75 Å². The van der Waals surface area contributed by atoms with E-state index in [9.17, 15) is 14.7 Å². The lowest BCUT2D eigenvalue weighted by atomic mass is 10.1. The number of hydrogen-bond acceptors (Lipinski definition) is 4. The van der Waals surface area contributed by atoms with Crippen molar-refractivity contribution in [2.24, 2.45) is 0 Å². The summed E-state index contributed by atoms with van der Waals surface area (Å²) in [5, 5.41) is 11.8. The maximum absolute atomic E-state index is 12.2. The van der Waals surface area contributed by atoms with E-state index in [1.54, 1.807) is 11.0 Å². The number of nitrogens with zero attached hydrogens (tertiary/aromatic N) is 1. The van der Waals surface area contributed by atoms with E-state index in [1.165, 1.54) is 19.2 Å². The van der Waals surface area contributed by atoms with Crippen molar-refractivity contribution >= 4 is 17.7 Å². The van der Waals surface area contributed by atoms with Gasteiger partial charge in [-0.05, 0) is 25.1 Å². The molecule has 1 fully saturated rings. The molecule has 0 radical (unpaired) electrons. The number of rotatable bonds is 3. The average Bonchev–Trinajstić information content (AvgIpc) is 2.47. The highest BCUT2D eigenvalue weighted by Gasteiger charge is 2.22. The molecule has 1 saturated heterocycles. The predicted octanol–water partition coefficient (Wildman–Crippen LogP) is 1.65. The van der Waals surface area contributed by atoms with Crippen LogP contribution in [0.1, 0.15) is 17.3 Å². The molecular formula is C14H18N2O5. The summed E-state index contributed by atoms with van der Waals surface area (Å²) in [4.78, 5) is 25.0. The Labute approximate surface area is 122 Å². The summed E-state index contributed by atoms with van der Waals surface area (Å²) in [6, 6.07) is 4.16. The van der Waals surface area contributed by atoms with Crippen molar-refractivity contribution in [1.29, 1.82) is 0 Å². The standard InChI is InChI=1S/C14H18N2O5/c1-9-8-16(5-6-21-9)14(19)15-12-4-3-10(20-2)7-11(12)13(17)18/h3-4,7,9H,5-6,8H2,1-2H3,(H,15,19)(H,17,18). The van der Waals surface area contributed by atoms with Gasteiger partial charge in [0, 0.05) is 13.1 Å². The highest BCUT2D eigenvalue weighted by molar-refractivity contribution is 6.00. The number of nitrogens with one attached hydrogen (secondary N) is 1. The van der Waals surface area contributed by atoms with Gasteiger partial charge in [-0.25, -0.2) is 9.59 Å². The lowest BCUT2D eigenvalue weighted by Crippen LogP contribution is -2.46. The number of urea groups is 1. The van der Waals surface area contributed by atoms with Gasteiger partial charge >= 0.3 is 12.0 Å². The summed E-state index contributed by atoms with van der Waals surface area (Å²) in [6.45, 7) is 3.32. The smallest absolute Gasteiger partial charge is 0.337 e. The largest absolute Gasteiger partial charge is 0.497 e. The molecule has 0 aromatic heterocycles. The highest BCUT2D eigenvalue weighted by atomic mass is 16.5. The van der Waals surface area contributed by atoms with Gasteiger partial charge in [-0.2, -0.15) is 0 Å². The number of benzene rings is 1. The number of carbonyl (C=O) groups is 2. The van der Waals surface area contributed by atoms with Gasteiger partial charge in [0.05, 0.1) is 31.1 Å². The van der Waals surface area contributed by atoms with Crippen LogP contribution in [0.2, 0.25) is 0 Å². The third kappa shape index (κ3) is 3.63. The van der Waals surface area contributed by atoms with Gasteiger partial charge in [0.2, 0.25) is 0 Å². The first-order chi connectivity index (χ1) is 10.0. The molecule has 21 heavy (non-hydrogen) atoms. The van der Waals surface area contributed by atoms with Crippen LogP contribution in [0.3, 0.4) is 0 Å². The molecule has 2 N–H and O–H groups in total. The first-order valence-electron chi connectivity index (χ1n) is 6.60. The van der Waals surface area contributed by atoms with Crippen LogP contribution < -0.4 is 10.1 Å². The Kier molecular flexibility index (Phi) is 4.64. The number of morpholine rings is 1. The van der Waals surface area contributed by atoms with Gasteiger partial charge in [0.15, 0.2) is 0 Å². The topological polar surface area (TPSA) is 88.1 Å². The Morgan fingerprint density at radius 1 is 1.48 bits per heavy atom. The SMILES string of the molecule is COc1ccc(NC(=O)N2CCOC(C)C2)c(C(=O)O)c1. The Morgan fingerprint density at radius 3 is 2.86 bits per heavy atom. The van der Waals surface area contributed by atoms with Crippen molar-refractivity contribution in [2.75, 3.05) is 32.1 Å². The summed E-state index contributed by atoms with van der Waals surface area (Å²) in [6.07, 6.45) is -0.0284. The van der Waals surface area contributed by atoms with Crippen LogP contribution in [0.15, 0.2) is 18.2 Å². The summed E-state index contributed by atoms with van der Waals surface area (Å²) >= 11 is 0. The average molecular weight is 294 g/mol. The molecule has 1 aliphatic heterocycles. The van der Waals surface area contributed by atoms with Gasteiger partial charge in [-0.1, -0.05) is 0 Å². The molecule has 1 aromatic rings. The second kappa shape index (κ2) is 6.45. The number of hydrogen-bond donors (Lipinski definition) is 2. The van der Waals surface area contributed by atoms with Gasteiger partial charge in [0.1, 0.15) is 5.75 Å². The van der Waals surface area contributed by atoms with Crippen LogP contribution in [-0.4, -0.2) is 54.9 Å². The Morgan fingerprint density at radius 2 is 2.24 bits per heavy atom. The zero-order chi connectivity index (χ0) is 15.4. The number of anilines is 1. The van der Waals surface area contributed by atoms with Gasteiger partial charge < -0.3 is 24.8 Å². The molecule has 114 valence electrons. The number of ether oxygens (including phenoxy) is 2.